The highest BCUT2D eigenvalue weighted by atomic mass is 35.5. The molecule has 0 nitrogen and oxygen atoms in total. The molecular formula is C9H15Cl. The summed E-state index contributed by atoms with van der Waals surface area (Å²) in [6.45, 7) is 4.41. The van der Waals surface area contributed by atoms with E-state index in [9.17, 15) is 0 Å². The minimum Gasteiger partial charge on any atom is -0.118 e. The standard InChI is InChI=1S/C9H15Cl/c1-3-8-7(2)5-4-6-9(8)10/h9H,3-6H2,1-2H3. The summed E-state index contributed by atoms with van der Waals surface area (Å²) < 4.78 is 0. The van der Waals surface area contributed by atoms with Gasteiger partial charge in [0.1, 0.15) is 0 Å². The van der Waals surface area contributed by atoms with Crippen LogP contribution in [0.25, 0.3) is 0 Å². The highest BCUT2D eigenvalue weighted by Gasteiger charge is 2.16. The monoisotopic (exact) mass is 158 g/mol. The summed E-state index contributed by atoms with van der Waals surface area (Å²) in [6.07, 6.45) is 4.87. The third-order valence-corrected chi connectivity index (χ3v) is 2.80. The van der Waals surface area contributed by atoms with Crippen LogP contribution in [0.4, 0.5) is 0 Å². The molecule has 0 N–H and O–H groups in total. The highest BCUT2D eigenvalue weighted by molar-refractivity contribution is 6.22. The first-order valence-electron chi connectivity index (χ1n) is 4.08. The van der Waals surface area contributed by atoms with Gasteiger partial charge in [-0.2, -0.15) is 0 Å². The zero-order chi connectivity index (χ0) is 7.56. The van der Waals surface area contributed by atoms with Crippen molar-refractivity contribution in [1.82, 2.24) is 0 Å². The van der Waals surface area contributed by atoms with E-state index in [4.69, 9.17) is 11.6 Å². The summed E-state index contributed by atoms with van der Waals surface area (Å²) in [6, 6.07) is 0. The Hall–Kier alpha value is 0.0300. The van der Waals surface area contributed by atoms with Gasteiger partial charge in [-0.05, 0) is 32.6 Å². The van der Waals surface area contributed by atoms with Crippen LogP contribution in [-0.4, -0.2) is 5.38 Å². The second kappa shape index (κ2) is 3.43. The van der Waals surface area contributed by atoms with Gasteiger partial charge in [-0.3, -0.25) is 0 Å². The van der Waals surface area contributed by atoms with E-state index in [0.29, 0.717) is 5.38 Å². The maximum Gasteiger partial charge on any atom is 0.0547 e. The minimum atomic E-state index is 0.346. The molecule has 1 aliphatic carbocycles. The van der Waals surface area contributed by atoms with Gasteiger partial charge in [-0.25, -0.2) is 0 Å². The summed E-state index contributed by atoms with van der Waals surface area (Å²) >= 11 is 6.12. The second-order valence-electron chi connectivity index (χ2n) is 3.02. The average molecular weight is 159 g/mol. The molecule has 1 rings (SSSR count). The van der Waals surface area contributed by atoms with E-state index >= 15 is 0 Å². The Balaban J connectivity index is 2.73. The molecule has 58 valence electrons. The lowest BCUT2D eigenvalue weighted by atomic mass is 9.91. The molecule has 1 aliphatic rings. The van der Waals surface area contributed by atoms with Crippen LogP contribution in [0.2, 0.25) is 0 Å². The molecule has 0 heterocycles. The fourth-order valence-corrected chi connectivity index (χ4v) is 2.17. The fraction of sp³-hybridized carbons (Fsp3) is 0.778. The zero-order valence-corrected chi connectivity index (χ0v) is 7.54. The fourth-order valence-electron chi connectivity index (χ4n) is 1.67. The van der Waals surface area contributed by atoms with Crippen molar-refractivity contribution in [2.45, 2.75) is 44.9 Å². The van der Waals surface area contributed by atoms with Crippen LogP contribution in [0.3, 0.4) is 0 Å². The van der Waals surface area contributed by atoms with Gasteiger partial charge in [-0.15, -0.1) is 11.6 Å². The Morgan fingerprint density at radius 3 is 2.70 bits per heavy atom. The molecule has 0 saturated carbocycles. The van der Waals surface area contributed by atoms with Gasteiger partial charge in [0.2, 0.25) is 0 Å². The smallest absolute Gasteiger partial charge is 0.0547 e. The van der Waals surface area contributed by atoms with Gasteiger partial charge in [0.25, 0.3) is 0 Å². The van der Waals surface area contributed by atoms with Crippen molar-refractivity contribution in [3.8, 4) is 0 Å². The molecule has 0 radical (unpaired) electrons. The first-order chi connectivity index (χ1) is 4.75. The van der Waals surface area contributed by atoms with Gasteiger partial charge in [0.05, 0.1) is 5.38 Å². The van der Waals surface area contributed by atoms with Crippen molar-refractivity contribution in [2.75, 3.05) is 0 Å². The minimum absolute atomic E-state index is 0.346. The highest BCUT2D eigenvalue weighted by Crippen LogP contribution is 2.30. The number of allylic oxidation sites excluding steroid dienone is 2. The first-order valence-corrected chi connectivity index (χ1v) is 4.52. The third kappa shape index (κ3) is 1.54. The van der Waals surface area contributed by atoms with E-state index in [1.807, 2.05) is 0 Å². The first kappa shape index (κ1) is 8.13. The number of rotatable bonds is 1. The number of halogens is 1. The molecule has 10 heavy (non-hydrogen) atoms. The van der Waals surface area contributed by atoms with E-state index in [1.165, 1.54) is 30.4 Å². The molecule has 1 unspecified atom stereocenters. The van der Waals surface area contributed by atoms with Crippen molar-refractivity contribution in [1.29, 1.82) is 0 Å². The van der Waals surface area contributed by atoms with Gasteiger partial charge in [0, 0.05) is 0 Å². The molecule has 1 atom stereocenters. The van der Waals surface area contributed by atoms with Crippen LogP contribution in [0.1, 0.15) is 39.5 Å². The van der Waals surface area contributed by atoms with Crippen molar-refractivity contribution in [2.24, 2.45) is 0 Å². The lowest BCUT2D eigenvalue weighted by Crippen LogP contribution is -2.10. The topological polar surface area (TPSA) is 0 Å². The van der Waals surface area contributed by atoms with Crippen LogP contribution < -0.4 is 0 Å². The number of hydrogen-bond acceptors (Lipinski definition) is 0. The third-order valence-electron chi connectivity index (χ3n) is 2.32. The van der Waals surface area contributed by atoms with Gasteiger partial charge < -0.3 is 0 Å². The summed E-state index contributed by atoms with van der Waals surface area (Å²) in [5.41, 5.74) is 3.03. The van der Waals surface area contributed by atoms with E-state index < -0.39 is 0 Å². The van der Waals surface area contributed by atoms with Crippen LogP contribution in [0.15, 0.2) is 11.1 Å². The van der Waals surface area contributed by atoms with Crippen LogP contribution in [-0.2, 0) is 0 Å². The lowest BCUT2D eigenvalue weighted by molar-refractivity contribution is 0.662. The molecule has 0 aromatic rings. The van der Waals surface area contributed by atoms with E-state index in [2.05, 4.69) is 13.8 Å². The van der Waals surface area contributed by atoms with Gasteiger partial charge in [0.15, 0.2) is 0 Å². The van der Waals surface area contributed by atoms with Crippen molar-refractivity contribution < 1.29 is 0 Å². The number of hydrogen-bond donors (Lipinski definition) is 0. The van der Waals surface area contributed by atoms with E-state index in [1.54, 1.807) is 0 Å². The molecule has 0 aromatic heterocycles. The quantitative estimate of drug-likeness (QED) is 0.405. The molecule has 0 aliphatic heterocycles. The van der Waals surface area contributed by atoms with E-state index in [0.717, 1.165) is 6.42 Å². The van der Waals surface area contributed by atoms with E-state index in [-0.39, 0.29) is 0 Å². The summed E-state index contributed by atoms with van der Waals surface area (Å²) in [5.74, 6) is 0. The van der Waals surface area contributed by atoms with Gasteiger partial charge in [-0.1, -0.05) is 18.1 Å². The maximum atomic E-state index is 6.12. The summed E-state index contributed by atoms with van der Waals surface area (Å²) in [5, 5.41) is 0.346. The molecule has 0 saturated heterocycles. The number of alkyl halides is 1. The van der Waals surface area contributed by atoms with Crippen molar-refractivity contribution >= 4 is 11.6 Å². The Morgan fingerprint density at radius 1 is 1.60 bits per heavy atom. The summed E-state index contributed by atoms with van der Waals surface area (Å²) in [7, 11) is 0. The molecule has 0 spiro atoms. The predicted molar refractivity (Wildman–Crippen MR) is 46.5 cm³/mol. The Kier molecular flexibility index (Phi) is 2.79. The molecule has 1 heteroatoms. The lowest BCUT2D eigenvalue weighted by Gasteiger charge is -2.21. The Morgan fingerprint density at radius 2 is 2.30 bits per heavy atom. The maximum absolute atomic E-state index is 6.12. The zero-order valence-electron chi connectivity index (χ0n) is 6.78. The average Bonchev–Trinajstić information content (AvgIpc) is 1.88. The Labute approximate surface area is 68.3 Å². The van der Waals surface area contributed by atoms with Crippen molar-refractivity contribution in [3.05, 3.63) is 11.1 Å². The van der Waals surface area contributed by atoms with Crippen LogP contribution in [0, 0.1) is 0 Å². The molecular weight excluding hydrogens is 144 g/mol. The van der Waals surface area contributed by atoms with Crippen LogP contribution >= 0.6 is 11.6 Å². The Bertz CT molecular complexity index is 147. The molecule has 0 fully saturated rings. The van der Waals surface area contributed by atoms with Gasteiger partial charge >= 0.3 is 0 Å². The largest absolute Gasteiger partial charge is 0.118 e. The second-order valence-corrected chi connectivity index (χ2v) is 3.55. The SMILES string of the molecule is CCC1=C(C)CCCC1Cl. The normalized spacial score (nSPS) is 27.3. The summed E-state index contributed by atoms with van der Waals surface area (Å²) in [4.78, 5) is 0. The molecule has 0 bridgehead atoms. The van der Waals surface area contributed by atoms with Crippen molar-refractivity contribution in [3.63, 3.8) is 0 Å². The predicted octanol–water partition coefficient (Wildman–Crippen LogP) is 3.50. The molecule has 0 aromatic carbocycles. The van der Waals surface area contributed by atoms with Crippen LogP contribution in [0.5, 0.6) is 0 Å². The molecule has 0 amide bonds.